The average molecular weight is 293 g/mol. The van der Waals surface area contributed by atoms with Crippen molar-refractivity contribution in [2.45, 2.75) is 20.4 Å². The number of aromatic nitrogens is 2. The van der Waals surface area contributed by atoms with Crippen LogP contribution in [-0.2, 0) is 6.54 Å². The molecule has 4 heteroatoms. The van der Waals surface area contributed by atoms with Crippen LogP contribution in [0.15, 0.2) is 12.4 Å². The molecule has 0 unspecified atom stereocenters. The zero-order valence-electron chi connectivity index (χ0n) is 8.20. The summed E-state index contributed by atoms with van der Waals surface area (Å²) in [6, 6.07) is 0. The van der Waals surface area contributed by atoms with Crippen LogP contribution >= 0.6 is 22.6 Å². The minimum atomic E-state index is 0.991. The van der Waals surface area contributed by atoms with E-state index in [9.17, 15) is 0 Å². The van der Waals surface area contributed by atoms with Gasteiger partial charge in [0.15, 0.2) is 0 Å². The zero-order valence-corrected chi connectivity index (χ0v) is 10.4. The third kappa shape index (κ3) is 3.64. The molecule has 1 rings (SSSR count). The van der Waals surface area contributed by atoms with Gasteiger partial charge in [0, 0.05) is 12.7 Å². The van der Waals surface area contributed by atoms with Crippen molar-refractivity contribution in [2.75, 3.05) is 19.6 Å². The molecule has 1 aromatic heterocycles. The maximum Gasteiger partial charge on any atom is 0.0623 e. The molecule has 13 heavy (non-hydrogen) atoms. The quantitative estimate of drug-likeness (QED) is 0.772. The van der Waals surface area contributed by atoms with E-state index in [0.29, 0.717) is 0 Å². The summed E-state index contributed by atoms with van der Waals surface area (Å²) in [7, 11) is 0. The minimum Gasteiger partial charge on any atom is -0.302 e. The van der Waals surface area contributed by atoms with Crippen molar-refractivity contribution in [1.82, 2.24) is 14.7 Å². The molecule has 0 fully saturated rings. The molecule has 0 saturated carbocycles. The average Bonchev–Trinajstić information content (AvgIpc) is 2.53. The first-order valence-corrected chi connectivity index (χ1v) is 5.74. The van der Waals surface area contributed by atoms with Gasteiger partial charge in [-0.3, -0.25) is 4.68 Å². The fourth-order valence-corrected chi connectivity index (χ4v) is 1.69. The van der Waals surface area contributed by atoms with Crippen molar-refractivity contribution in [3.63, 3.8) is 0 Å². The minimum absolute atomic E-state index is 0.991. The van der Waals surface area contributed by atoms with Gasteiger partial charge in [-0.2, -0.15) is 5.10 Å². The molecular weight excluding hydrogens is 277 g/mol. The van der Waals surface area contributed by atoms with E-state index in [-0.39, 0.29) is 0 Å². The maximum absolute atomic E-state index is 4.24. The van der Waals surface area contributed by atoms with Gasteiger partial charge in [0.25, 0.3) is 0 Å². The molecule has 74 valence electrons. The third-order valence-electron chi connectivity index (χ3n) is 2.14. The second-order valence-electron chi connectivity index (χ2n) is 2.95. The Bertz CT molecular complexity index is 243. The normalized spacial score (nSPS) is 11.1. The molecule has 1 aromatic rings. The Morgan fingerprint density at radius 1 is 1.46 bits per heavy atom. The fraction of sp³-hybridized carbons (Fsp3) is 0.667. The monoisotopic (exact) mass is 293 g/mol. The highest BCUT2D eigenvalue weighted by Crippen LogP contribution is 2.01. The number of halogens is 1. The van der Waals surface area contributed by atoms with Gasteiger partial charge in [0.1, 0.15) is 0 Å². The van der Waals surface area contributed by atoms with Crippen LogP contribution in [-0.4, -0.2) is 34.3 Å². The van der Waals surface area contributed by atoms with Crippen LogP contribution < -0.4 is 0 Å². The van der Waals surface area contributed by atoms with E-state index in [1.165, 1.54) is 3.57 Å². The highest BCUT2D eigenvalue weighted by atomic mass is 127. The van der Waals surface area contributed by atoms with Crippen LogP contribution in [0.3, 0.4) is 0 Å². The lowest BCUT2D eigenvalue weighted by atomic mass is 10.5. The van der Waals surface area contributed by atoms with Crippen LogP contribution in [0.4, 0.5) is 0 Å². The van der Waals surface area contributed by atoms with Gasteiger partial charge >= 0.3 is 0 Å². The summed E-state index contributed by atoms with van der Waals surface area (Å²) in [5.74, 6) is 0. The molecule has 0 spiro atoms. The van der Waals surface area contributed by atoms with Gasteiger partial charge in [0.2, 0.25) is 0 Å². The van der Waals surface area contributed by atoms with Gasteiger partial charge in [0.05, 0.1) is 16.3 Å². The Kier molecular flexibility index (Phi) is 4.72. The van der Waals surface area contributed by atoms with Crippen LogP contribution in [0, 0.1) is 3.57 Å². The van der Waals surface area contributed by atoms with Crippen molar-refractivity contribution in [2.24, 2.45) is 0 Å². The number of nitrogens with zero attached hydrogens (tertiary/aromatic N) is 3. The highest BCUT2D eigenvalue weighted by Gasteiger charge is 1.99. The molecule has 1 heterocycles. The Hall–Kier alpha value is -0.100. The molecule has 3 nitrogen and oxygen atoms in total. The Balaban J connectivity index is 2.33. The van der Waals surface area contributed by atoms with Crippen LogP contribution in [0.5, 0.6) is 0 Å². The topological polar surface area (TPSA) is 21.1 Å². The van der Waals surface area contributed by atoms with Gasteiger partial charge in [-0.15, -0.1) is 0 Å². The van der Waals surface area contributed by atoms with E-state index < -0.39 is 0 Å². The molecule has 0 aromatic carbocycles. The second-order valence-corrected chi connectivity index (χ2v) is 4.19. The lowest BCUT2D eigenvalue weighted by Crippen LogP contribution is -2.27. The largest absolute Gasteiger partial charge is 0.302 e. The van der Waals surface area contributed by atoms with E-state index in [0.717, 1.165) is 26.2 Å². The third-order valence-corrected chi connectivity index (χ3v) is 2.70. The summed E-state index contributed by atoms with van der Waals surface area (Å²) < 4.78 is 3.21. The van der Waals surface area contributed by atoms with Crippen molar-refractivity contribution < 1.29 is 0 Å². The lowest BCUT2D eigenvalue weighted by Gasteiger charge is -2.17. The van der Waals surface area contributed by atoms with Crippen molar-refractivity contribution in [3.8, 4) is 0 Å². The first-order chi connectivity index (χ1) is 6.26. The Morgan fingerprint density at radius 3 is 2.62 bits per heavy atom. The van der Waals surface area contributed by atoms with Gasteiger partial charge in [-0.25, -0.2) is 0 Å². The molecule has 0 aliphatic heterocycles. The number of likely N-dealkylation sites (N-methyl/N-ethyl adjacent to an activating group) is 1. The molecule has 0 aliphatic rings. The highest BCUT2D eigenvalue weighted by molar-refractivity contribution is 14.1. The Morgan fingerprint density at radius 2 is 2.15 bits per heavy atom. The summed E-state index contributed by atoms with van der Waals surface area (Å²) in [6.07, 6.45) is 3.97. The molecule has 0 amide bonds. The molecule has 0 atom stereocenters. The van der Waals surface area contributed by atoms with E-state index in [2.05, 4.69) is 52.6 Å². The summed E-state index contributed by atoms with van der Waals surface area (Å²) in [6.45, 7) is 8.70. The van der Waals surface area contributed by atoms with Crippen LogP contribution in [0.2, 0.25) is 0 Å². The molecule has 0 N–H and O–H groups in total. The van der Waals surface area contributed by atoms with Crippen LogP contribution in [0.1, 0.15) is 13.8 Å². The fourth-order valence-electron chi connectivity index (χ4n) is 1.24. The van der Waals surface area contributed by atoms with E-state index in [1.54, 1.807) is 0 Å². The number of hydrogen-bond acceptors (Lipinski definition) is 2. The molecule has 0 aliphatic carbocycles. The molecule has 0 bridgehead atoms. The van der Waals surface area contributed by atoms with Crippen molar-refractivity contribution in [1.29, 1.82) is 0 Å². The summed E-state index contributed by atoms with van der Waals surface area (Å²) in [5.41, 5.74) is 0. The molecule has 0 radical (unpaired) electrons. The molecule has 0 saturated heterocycles. The lowest BCUT2D eigenvalue weighted by molar-refractivity contribution is 0.285. The van der Waals surface area contributed by atoms with Crippen LogP contribution in [0.25, 0.3) is 0 Å². The second kappa shape index (κ2) is 5.59. The summed E-state index contributed by atoms with van der Waals surface area (Å²) >= 11 is 2.28. The first-order valence-electron chi connectivity index (χ1n) is 4.66. The smallest absolute Gasteiger partial charge is 0.0623 e. The predicted molar refractivity (Wildman–Crippen MR) is 62.7 cm³/mol. The SMILES string of the molecule is CCN(CC)CCn1cc(I)cn1. The van der Waals surface area contributed by atoms with Crippen molar-refractivity contribution in [3.05, 3.63) is 16.0 Å². The first kappa shape index (κ1) is 11.0. The van der Waals surface area contributed by atoms with E-state index >= 15 is 0 Å². The standard InChI is InChI=1S/C9H16IN3/c1-3-12(4-2)5-6-13-8-9(10)7-11-13/h7-8H,3-6H2,1-2H3. The number of hydrogen-bond donors (Lipinski definition) is 0. The van der Waals surface area contributed by atoms with Gasteiger partial charge in [-0.05, 0) is 35.7 Å². The van der Waals surface area contributed by atoms with Crippen molar-refractivity contribution >= 4 is 22.6 Å². The summed E-state index contributed by atoms with van der Waals surface area (Å²) in [5, 5.41) is 4.24. The van der Waals surface area contributed by atoms with Gasteiger partial charge in [-0.1, -0.05) is 13.8 Å². The zero-order chi connectivity index (χ0) is 9.68. The molecular formula is C9H16IN3. The Labute approximate surface area is 93.2 Å². The van der Waals surface area contributed by atoms with E-state index in [1.807, 2.05) is 10.9 Å². The van der Waals surface area contributed by atoms with Gasteiger partial charge < -0.3 is 4.90 Å². The number of rotatable bonds is 5. The van der Waals surface area contributed by atoms with E-state index in [4.69, 9.17) is 0 Å². The maximum atomic E-state index is 4.24. The predicted octanol–water partition coefficient (Wildman–Crippen LogP) is 1.83. The summed E-state index contributed by atoms with van der Waals surface area (Å²) in [4.78, 5) is 2.40.